The molecule has 0 saturated carbocycles. The van der Waals surface area contributed by atoms with Crippen LogP contribution in [0.15, 0.2) is 48.5 Å². The maximum absolute atomic E-state index is 11.3. The van der Waals surface area contributed by atoms with Crippen LogP contribution in [0.1, 0.15) is 29.9 Å². The Labute approximate surface area is 159 Å². The van der Waals surface area contributed by atoms with E-state index in [0.717, 1.165) is 26.1 Å². The van der Waals surface area contributed by atoms with E-state index in [1.54, 1.807) is 0 Å². The lowest BCUT2D eigenvalue weighted by Crippen LogP contribution is -2.15. The normalized spacial score (nSPS) is 15.6. The second-order valence-electron chi connectivity index (χ2n) is 6.39. The smallest absolute Gasteiger partial charge is 0.290 e. The Bertz CT molecular complexity index is 731. The van der Waals surface area contributed by atoms with Gasteiger partial charge in [-0.05, 0) is 41.3 Å². The summed E-state index contributed by atoms with van der Waals surface area (Å²) in [6.45, 7) is 2.35. The first kappa shape index (κ1) is 20.6. The van der Waals surface area contributed by atoms with Gasteiger partial charge in [-0.3, -0.25) is 9.59 Å². The summed E-state index contributed by atoms with van der Waals surface area (Å²) in [5.41, 5.74) is 4.84. The van der Waals surface area contributed by atoms with Crippen molar-refractivity contribution in [1.29, 1.82) is 0 Å². The number of nitrogens with one attached hydrogen (secondary N) is 2. The zero-order chi connectivity index (χ0) is 19.5. The van der Waals surface area contributed by atoms with Crippen molar-refractivity contribution < 1.29 is 19.8 Å². The van der Waals surface area contributed by atoms with Gasteiger partial charge >= 0.3 is 0 Å². The average Bonchev–Trinajstić information content (AvgIpc) is 3.13. The first-order valence-corrected chi connectivity index (χ1v) is 9.03. The SMILES string of the molecule is O=C1CC(c2ccc(-c3cccc(CNCCCO)c3)cc2)CN1.O=CO. The van der Waals surface area contributed by atoms with E-state index in [0.29, 0.717) is 12.3 Å². The molecule has 0 aliphatic carbocycles. The van der Waals surface area contributed by atoms with Gasteiger partial charge in [0.2, 0.25) is 5.91 Å². The molecule has 6 nitrogen and oxygen atoms in total. The fraction of sp³-hybridized carbons (Fsp3) is 0.333. The monoisotopic (exact) mass is 370 g/mol. The molecule has 1 saturated heterocycles. The molecule has 1 amide bonds. The van der Waals surface area contributed by atoms with Crippen LogP contribution in [0.5, 0.6) is 0 Å². The molecule has 0 spiro atoms. The van der Waals surface area contributed by atoms with Crippen LogP contribution in [0.3, 0.4) is 0 Å². The van der Waals surface area contributed by atoms with Gasteiger partial charge in [-0.2, -0.15) is 0 Å². The van der Waals surface area contributed by atoms with Crippen molar-refractivity contribution in [2.45, 2.75) is 25.3 Å². The number of amides is 1. The van der Waals surface area contributed by atoms with Crippen molar-refractivity contribution in [3.05, 3.63) is 59.7 Å². The van der Waals surface area contributed by atoms with E-state index < -0.39 is 0 Å². The van der Waals surface area contributed by atoms with Gasteiger partial charge in [0.05, 0.1) is 0 Å². The second-order valence-corrected chi connectivity index (χ2v) is 6.39. The van der Waals surface area contributed by atoms with Gasteiger partial charge in [-0.15, -0.1) is 0 Å². The maximum Gasteiger partial charge on any atom is 0.290 e. The summed E-state index contributed by atoms with van der Waals surface area (Å²) in [5, 5.41) is 21.9. The molecular weight excluding hydrogens is 344 g/mol. The summed E-state index contributed by atoms with van der Waals surface area (Å²) in [6, 6.07) is 17.0. The molecule has 2 aromatic carbocycles. The molecule has 4 N–H and O–H groups in total. The number of carboxylic acid groups (broad SMARTS) is 1. The van der Waals surface area contributed by atoms with Crippen LogP contribution in [0.2, 0.25) is 0 Å². The first-order chi connectivity index (χ1) is 13.2. The number of benzene rings is 2. The number of aliphatic hydroxyl groups is 1. The van der Waals surface area contributed by atoms with E-state index in [2.05, 4.69) is 59.2 Å². The summed E-state index contributed by atoms with van der Waals surface area (Å²) in [6.07, 6.45) is 1.37. The molecular formula is C21H26N2O4. The highest BCUT2D eigenvalue weighted by molar-refractivity contribution is 5.79. The van der Waals surface area contributed by atoms with Crippen molar-refractivity contribution >= 4 is 12.4 Å². The third-order valence-electron chi connectivity index (χ3n) is 4.46. The van der Waals surface area contributed by atoms with E-state index in [1.807, 2.05) is 0 Å². The molecule has 0 aromatic heterocycles. The van der Waals surface area contributed by atoms with Crippen LogP contribution in [0.25, 0.3) is 11.1 Å². The minimum atomic E-state index is -0.250. The Hall–Kier alpha value is -2.70. The third-order valence-corrected chi connectivity index (χ3v) is 4.46. The molecule has 1 atom stereocenters. The lowest BCUT2D eigenvalue weighted by molar-refractivity contribution is -0.123. The number of carbonyl (C=O) groups excluding carboxylic acids is 1. The lowest BCUT2D eigenvalue weighted by Gasteiger charge is -2.10. The molecule has 0 radical (unpaired) electrons. The highest BCUT2D eigenvalue weighted by atomic mass is 16.3. The molecule has 1 fully saturated rings. The van der Waals surface area contributed by atoms with E-state index in [4.69, 9.17) is 15.0 Å². The zero-order valence-corrected chi connectivity index (χ0v) is 15.2. The fourth-order valence-electron chi connectivity index (χ4n) is 3.09. The van der Waals surface area contributed by atoms with E-state index in [-0.39, 0.29) is 19.0 Å². The molecule has 6 heteroatoms. The van der Waals surface area contributed by atoms with Gasteiger partial charge in [0.15, 0.2) is 0 Å². The van der Waals surface area contributed by atoms with Gasteiger partial charge in [-0.25, -0.2) is 0 Å². The molecule has 3 rings (SSSR count). The van der Waals surface area contributed by atoms with Crippen LogP contribution in [-0.2, 0) is 16.1 Å². The molecule has 1 heterocycles. The van der Waals surface area contributed by atoms with Gasteiger partial charge < -0.3 is 20.8 Å². The fourth-order valence-corrected chi connectivity index (χ4v) is 3.09. The number of aliphatic hydroxyl groups excluding tert-OH is 1. The molecule has 27 heavy (non-hydrogen) atoms. The summed E-state index contributed by atoms with van der Waals surface area (Å²) >= 11 is 0. The minimum Gasteiger partial charge on any atom is -0.483 e. The zero-order valence-electron chi connectivity index (χ0n) is 15.2. The molecule has 0 bridgehead atoms. The Morgan fingerprint density at radius 1 is 1.15 bits per heavy atom. The van der Waals surface area contributed by atoms with Crippen molar-refractivity contribution in [3.8, 4) is 11.1 Å². The van der Waals surface area contributed by atoms with E-state index in [9.17, 15) is 4.79 Å². The molecule has 2 aromatic rings. The van der Waals surface area contributed by atoms with Crippen LogP contribution in [0.4, 0.5) is 0 Å². The van der Waals surface area contributed by atoms with Crippen molar-refractivity contribution in [1.82, 2.24) is 10.6 Å². The molecule has 1 aliphatic heterocycles. The van der Waals surface area contributed by atoms with Gasteiger partial charge in [-0.1, -0.05) is 42.5 Å². The van der Waals surface area contributed by atoms with Crippen LogP contribution < -0.4 is 10.6 Å². The van der Waals surface area contributed by atoms with Crippen LogP contribution >= 0.6 is 0 Å². The molecule has 1 aliphatic rings. The highest BCUT2D eigenvalue weighted by Crippen LogP contribution is 2.26. The lowest BCUT2D eigenvalue weighted by atomic mass is 9.95. The number of carbonyl (C=O) groups is 2. The summed E-state index contributed by atoms with van der Waals surface area (Å²) < 4.78 is 0. The molecule has 144 valence electrons. The summed E-state index contributed by atoms with van der Waals surface area (Å²) in [5.74, 6) is 0.444. The van der Waals surface area contributed by atoms with Gasteiger partial charge in [0, 0.05) is 32.0 Å². The van der Waals surface area contributed by atoms with Crippen molar-refractivity contribution in [2.75, 3.05) is 19.7 Å². The first-order valence-electron chi connectivity index (χ1n) is 9.03. The third kappa shape index (κ3) is 6.51. The summed E-state index contributed by atoms with van der Waals surface area (Å²) in [7, 11) is 0. The molecule has 1 unspecified atom stereocenters. The second kappa shape index (κ2) is 11.1. The topological polar surface area (TPSA) is 98.7 Å². The number of rotatable bonds is 7. The van der Waals surface area contributed by atoms with Crippen LogP contribution in [0, 0.1) is 0 Å². The standard InChI is InChI=1S/C20H24N2O2.CH2O2/c23-10-2-9-21-13-15-3-1-4-18(11-15)16-5-7-17(8-6-16)19-12-20(24)22-14-19;2-1-3/h1,3-8,11,19,21,23H,2,9-10,12-14H2,(H,22,24);1H,(H,2,3). The Kier molecular flexibility index (Phi) is 8.48. The van der Waals surface area contributed by atoms with E-state index >= 15 is 0 Å². The number of hydrogen-bond acceptors (Lipinski definition) is 4. The van der Waals surface area contributed by atoms with E-state index in [1.165, 1.54) is 22.3 Å². The minimum absolute atomic E-state index is 0.144. The van der Waals surface area contributed by atoms with Gasteiger partial charge in [0.25, 0.3) is 6.47 Å². The predicted octanol–water partition coefficient (Wildman–Crippen LogP) is 2.13. The summed E-state index contributed by atoms with van der Waals surface area (Å²) in [4.78, 5) is 19.7. The van der Waals surface area contributed by atoms with Gasteiger partial charge in [0.1, 0.15) is 0 Å². The van der Waals surface area contributed by atoms with Crippen molar-refractivity contribution in [3.63, 3.8) is 0 Å². The average molecular weight is 370 g/mol. The quantitative estimate of drug-likeness (QED) is 0.442. The Balaban J connectivity index is 0.000000817. The Morgan fingerprint density at radius 3 is 2.52 bits per heavy atom. The highest BCUT2D eigenvalue weighted by Gasteiger charge is 2.22. The van der Waals surface area contributed by atoms with Crippen LogP contribution in [-0.4, -0.2) is 42.3 Å². The maximum atomic E-state index is 11.3. The van der Waals surface area contributed by atoms with Crippen molar-refractivity contribution in [2.24, 2.45) is 0 Å². The number of hydrogen-bond donors (Lipinski definition) is 4. The largest absolute Gasteiger partial charge is 0.483 e. The Morgan fingerprint density at radius 2 is 1.89 bits per heavy atom. The predicted molar refractivity (Wildman–Crippen MR) is 104 cm³/mol.